The molecule has 3 N–H and O–H groups in total. The number of urea groups is 1. The molecule has 0 radical (unpaired) electrons. The smallest absolute Gasteiger partial charge is 0.319 e. The fourth-order valence-electron chi connectivity index (χ4n) is 2.55. The molecule has 1 atom stereocenters. The van der Waals surface area contributed by atoms with Crippen LogP contribution in [0.15, 0.2) is 54.6 Å². The average Bonchev–Trinajstić information content (AvgIpc) is 3.41. The van der Waals surface area contributed by atoms with E-state index in [1.165, 1.54) is 0 Å². The molecular weight excluding hydrogens is 314 g/mol. The molecule has 5 nitrogen and oxygen atoms in total. The molecule has 0 aromatic heterocycles. The van der Waals surface area contributed by atoms with E-state index in [1.807, 2.05) is 61.5 Å². The van der Waals surface area contributed by atoms with Crippen molar-refractivity contribution in [2.75, 3.05) is 5.32 Å². The highest BCUT2D eigenvalue weighted by Crippen LogP contribution is 2.19. The summed E-state index contributed by atoms with van der Waals surface area (Å²) in [6.45, 7) is 1.99. The number of rotatable bonds is 6. The van der Waals surface area contributed by atoms with Crippen LogP contribution in [0.4, 0.5) is 10.5 Å². The van der Waals surface area contributed by atoms with E-state index in [4.69, 9.17) is 0 Å². The lowest BCUT2D eigenvalue weighted by Crippen LogP contribution is -2.49. The lowest BCUT2D eigenvalue weighted by atomic mass is 10.1. The summed E-state index contributed by atoms with van der Waals surface area (Å²) in [5.74, 6) is -0.134. The predicted octanol–water partition coefficient (Wildman–Crippen LogP) is 3.01. The van der Waals surface area contributed by atoms with Gasteiger partial charge in [0.1, 0.15) is 6.04 Å². The summed E-state index contributed by atoms with van der Waals surface area (Å²) >= 11 is 0. The fraction of sp³-hybridized carbons (Fsp3) is 0.300. The van der Waals surface area contributed by atoms with Crippen molar-refractivity contribution in [2.45, 2.75) is 38.3 Å². The number of anilines is 1. The molecule has 0 saturated heterocycles. The maximum absolute atomic E-state index is 12.5. The van der Waals surface area contributed by atoms with E-state index >= 15 is 0 Å². The monoisotopic (exact) mass is 337 g/mol. The van der Waals surface area contributed by atoms with Crippen LogP contribution in [0.2, 0.25) is 0 Å². The largest absolute Gasteiger partial charge is 0.352 e. The Kier molecular flexibility index (Phi) is 5.33. The predicted molar refractivity (Wildman–Crippen MR) is 98.4 cm³/mol. The molecule has 0 aliphatic heterocycles. The summed E-state index contributed by atoms with van der Waals surface area (Å²) < 4.78 is 0. The highest BCUT2D eigenvalue weighted by atomic mass is 16.2. The number of aryl methyl sites for hydroxylation is 1. The average molecular weight is 337 g/mol. The molecule has 1 saturated carbocycles. The molecular formula is C20H23N3O2. The van der Waals surface area contributed by atoms with Crippen LogP contribution in [0, 0.1) is 6.92 Å². The maximum atomic E-state index is 12.5. The normalized spacial score (nSPS) is 14.4. The van der Waals surface area contributed by atoms with Crippen LogP contribution < -0.4 is 16.0 Å². The van der Waals surface area contributed by atoms with Gasteiger partial charge in [0, 0.05) is 18.2 Å². The van der Waals surface area contributed by atoms with Gasteiger partial charge in [-0.15, -0.1) is 0 Å². The lowest BCUT2D eigenvalue weighted by molar-refractivity contribution is -0.123. The molecule has 5 heteroatoms. The van der Waals surface area contributed by atoms with Crippen molar-refractivity contribution < 1.29 is 9.59 Å². The second-order valence-corrected chi connectivity index (χ2v) is 6.49. The zero-order valence-corrected chi connectivity index (χ0v) is 14.3. The Hall–Kier alpha value is -2.82. The molecule has 2 aromatic carbocycles. The zero-order valence-electron chi connectivity index (χ0n) is 14.3. The second-order valence-electron chi connectivity index (χ2n) is 6.49. The molecule has 3 amide bonds. The first-order chi connectivity index (χ1) is 12.1. The topological polar surface area (TPSA) is 70.2 Å². The number of carbonyl (C=O) groups is 2. The molecule has 1 unspecified atom stereocenters. The van der Waals surface area contributed by atoms with Crippen LogP contribution in [0.1, 0.15) is 24.0 Å². The molecule has 25 heavy (non-hydrogen) atoms. The molecule has 3 rings (SSSR count). The summed E-state index contributed by atoms with van der Waals surface area (Å²) in [5, 5.41) is 8.55. The number of benzene rings is 2. The first-order valence-corrected chi connectivity index (χ1v) is 8.58. The van der Waals surface area contributed by atoms with Crippen LogP contribution in [0.5, 0.6) is 0 Å². The molecule has 1 aliphatic carbocycles. The first-order valence-electron chi connectivity index (χ1n) is 8.58. The summed E-state index contributed by atoms with van der Waals surface area (Å²) in [4.78, 5) is 24.8. The van der Waals surface area contributed by atoms with Gasteiger partial charge in [-0.25, -0.2) is 4.79 Å². The fourth-order valence-corrected chi connectivity index (χ4v) is 2.55. The quantitative estimate of drug-likeness (QED) is 0.758. The standard InChI is InChI=1S/C20H23N3O2/c1-14-7-9-17(10-8-14)22-20(25)23-18(19(24)21-16-11-12-16)13-15-5-3-2-4-6-15/h2-10,16,18H,11-13H2,1H3,(H,21,24)(H2,22,23,25). The van der Waals surface area contributed by atoms with Gasteiger partial charge >= 0.3 is 6.03 Å². The summed E-state index contributed by atoms with van der Waals surface area (Å²) in [5.41, 5.74) is 2.83. The van der Waals surface area contributed by atoms with Crippen LogP contribution in [-0.2, 0) is 11.2 Å². The Morgan fingerprint density at radius 2 is 1.72 bits per heavy atom. The van der Waals surface area contributed by atoms with Gasteiger partial charge in [-0.1, -0.05) is 48.0 Å². The third kappa shape index (κ3) is 5.35. The van der Waals surface area contributed by atoms with Gasteiger partial charge in [0.25, 0.3) is 0 Å². The van der Waals surface area contributed by atoms with Gasteiger partial charge in [0.2, 0.25) is 5.91 Å². The van der Waals surface area contributed by atoms with E-state index in [9.17, 15) is 9.59 Å². The number of hydrogen-bond acceptors (Lipinski definition) is 2. The van der Waals surface area contributed by atoms with Crippen molar-refractivity contribution >= 4 is 17.6 Å². The van der Waals surface area contributed by atoms with Gasteiger partial charge < -0.3 is 16.0 Å². The Labute approximate surface area is 147 Å². The highest BCUT2D eigenvalue weighted by molar-refractivity contribution is 5.94. The van der Waals surface area contributed by atoms with Gasteiger partial charge in [-0.2, -0.15) is 0 Å². The minimum Gasteiger partial charge on any atom is -0.352 e. The van der Waals surface area contributed by atoms with Crippen LogP contribution in [0.25, 0.3) is 0 Å². The van der Waals surface area contributed by atoms with Crippen molar-refractivity contribution in [1.82, 2.24) is 10.6 Å². The van der Waals surface area contributed by atoms with E-state index in [0.717, 1.165) is 24.0 Å². The van der Waals surface area contributed by atoms with Gasteiger partial charge in [0.15, 0.2) is 0 Å². The zero-order chi connectivity index (χ0) is 17.6. The van der Waals surface area contributed by atoms with Crippen molar-refractivity contribution in [3.05, 3.63) is 65.7 Å². The van der Waals surface area contributed by atoms with E-state index < -0.39 is 6.04 Å². The van der Waals surface area contributed by atoms with Crippen molar-refractivity contribution in [3.63, 3.8) is 0 Å². The molecule has 0 bridgehead atoms. The molecule has 2 aromatic rings. The number of hydrogen-bond donors (Lipinski definition) is 3. The van der Waals surface area contributed by atoms with Crippen molar-refractivity contribution in [3.8, 4) is 0 Å². The Bertz CT molecular complexity index is 724. The van der Waals surface area contributed by atoms with Crippen LogP contribution in [-0.4, -0.2) is 24.0 Å². The molecule has 130 valence electrons. The van der Waals surface area contributed by atoms with Crippen molar-refractivity contribution in [1.29, 1.82) is 0 Å². The SMILES string of the molecule is Cc1ccc(NC(=O)NC(Cc2ccccc2)C(=O)NC2CC2)cc1. The number of nitrogens with one attached hydrogen (secondary N) is 3. The van der Waals surface area contributed by atoms with E-state index in [2.05, 4.69) is 16.0 Å². The van der Waals surface area contributed by atoms with E-state index in [1.54, 1.807) is 0 Å². The Morgan fingerprint density at radius 3 is 2.36 bits per heavy atom. The highest BCUT2D eigenvalue weighted by Gasteiger charge is 2.28. The molecule has 0 heterocycles. The minimum absolute atomic E-state index is 0.134. The molecule has 1 aliphatic rings. The minimum atomic E-state index is -0.603. The number of carbonyl (C=O) groups excluding carboxylic acids is 2. The van der Waals surface area contributed by atoms with Crippen LogP contribution in [0.3, 0.4) is 0 Å². The van der Waals surface area contributed by atoms with Gasteiger partial charge in [0.05, 0.1) is 0 Å². The van der Waals surface area contributed by atoms with E-state index in [-0.39, 0.29) is 18.0 Å². The Morgan fingerprint density at radius 1 is 1.04 bits per heavy atom. The van der Waals surface area contributed by atoms with E-state index in [0.29, 0.717) is 12.1 Å². The third-order valence-corrected chi connectivity index (χ3v) is 4.14. The van der Waals surface area contributed by atoms with Gasteiger partial charge in [-0.05, 0) is 37.5 Å². The summed E-state index contributed by atoms with van der Waals surface area (Å²) in [6.07, 6.45) is 2.49. The second kappa shape index (κ2) is 7.83. The summed E-state index contributed by atoms with van der Waals surface area (Å²) in [7, 11) is 0. The summed E-state index contributed by atoms with van der Waals surface area (Å²) in [6, 6.07) is 16.5. The Balaban J connectivity index is 1.64. The lowest BCUT2D eigenvalue weighted by Gasteiger charge is -2.19. The molecule has 1 fully saturated rings. The number of amides is 3. The third-order valence-electron chi connectivity index (χ3n) is 4.14. The molecule has 0 spiro atoms. The maximum Gasteiger partial charge on any atom is 0.319 e. The first kappa shape index (κ1) is 17.0. The van der Waals surface area contributed by atoms with Crippen molar-refractivity contribution in [2.24, 2.45) is 0 Å². The van der Waals surface area contributed by atoms with Gasteiger partial charge in [-0.3, -0.25) is 4.79 Å². The van der Waals surface area contributed by atoms with Crippen LogP contribution >= 0.6 is 0 Å².